The number of rotatable bonds is 3. The number of nitrogens with two attached hydrogens (primary N) is 1. The fraction of sp³-hybridized carbons (Fsp3) is 0.222. The van der Waals surface area contributed by atoms with Crippen LogP contribution in [0.25, 0.3) is 0 Å². The highest BCUT2D eigenvalue weighted by molar-refractivity contribution is 7.90. The third-order valence-corrected chi connectivity index (χ3v) is 3.44. The number of ketones is 1. The number of hydrogen-bond acceptors (Lipinski definition) is 4. The first-order chi connectivity index (χ1) is 7.27. The first kappa shape index (κ1) is 13.1. The molecule has 4 nitrogen and oxygen atoms in total. The van der Waals surface area contributed by atoms with Crippen molar-refractivity contribution in [3.05, 3.63) is 28.5 Å². The van der Waals surface area contributed by atoms with Crippen LogP contribution in [0.3, 0.4) is 0 Å². The molecule has 0 saturated heterocycles. The number of carbonyl (C=O) groups is 1. The van der Waals surface area contributed by atoms with E-state index in [0.717, 1.165) is 18.4 Å². The summed E-state index contributed by atoms with van der Waals surface area (Å²) < 4.78 is 35.8. The quantitative estimate of drug-likeness (QED) is 0.828. The lowest BCUT2D eigenvalue weighted by Gasteiger charge is -2.06. The maximum absolute atomic E-state index is 13.4. The van der Waals surface area contributed by atoms with Crippen LogP contribution in [0.15, 0.2) is 17.0 Å². The summed E-state index contributed by atoms with van der Waals surface area (Å²) in [6, 6.07) is 1.91. The van der Waals surface area contributed by atoms with Crippen LogP contribution in [0, 0.1) is 5.82 Å². The van der Waals surface area contributed by atoms with Crippen molar-refractivity contribution in [2.45, 2.75) is 4.90 Å². The van der Waals surface area contributed by atoms with Crippen LogP contribution in [-0.4, -0.2) is 27.0 Å². The summed E-state index contributed by atoms with van der Waals surface area (Å²) in [7, 11) is -3.76. The van der Waals surface area contributed by atoms with Gasteiger partial charge in [0.1, 0.15) is 10.7 Å². The fourth-order valence-electron chi connectivity index (χ4n) is 1.19. The number of carbonyl (C=O) groups excluding carboxylic acids is 1. The maximum atomic E-state index is 13.4. The lowest BCUT2D eigenvalue weighted by Crippen LogP contribution is -2.14. The van der Waals surface area contributed by atoms with Gasteiger partial charge in [-0.15, -0.1) is 0 Å². The van der Waals surface area contributed by atoms with E-state index in [1.54, 1.807) is 0 Å². The van der Waals surface area contributed by atoms with E-state index >= 15 is 0 Å². The molecule has 0 unspecified atom stereocenters. The van der Waals surface area contributed by atoms with E-state index in [9.17, 15) is 17.6 Å². The van der Waals surface area contributed by atoms with Gasteiger partial charge in [0.05, 0.1) is 11.6 Å². The second-order valence-corrected chi connectivity index (χ2v) is 5.53. The predicted molar refractivity (Wildman–Crippen MR) is 57.9 cm³/mol. The largest absolute Gasteiger partial charge is 0.324 e. The smallest absolute Gasteiger partial charge is 0.179 e. The lowest BCUT2D eigenvalue weighted by molar-refractivity contribution is 0.100. The molecule has 1 aromatic rings. The second kappa shape index (κ2) is 4.48. The van der Waals surface area contributed by atoms with Crippen molar-refractivity contribution in [2.75, 3.05) is 12.8 Å². The van der Waals surface area contributed by atoms with Crippen molar-refractivity contribution in [3.63, 3.8) is 0 Å². The third-order valence-electron chi connectivity index (χ3n) is 1.88. The van der Waals surface area contributed by atoms with Crippen LogP contribution in [0.1, 0.15) is 10.4 Å². The lowest BCUT2D eigenvalue weighted by atomic mass is 10.1. The van der Waals surface area contributed by atoms with Gasteiger partial charge in [0, 0.05) is 11.8 Å². The molecule has 0 amide bonds. The van der Waals surface area contributed by atoms with Gasteiger partial charge in [-0.2, -0.15) is 0 Å². The topological polar surface area (TPSA) is 77.2 Å². The van der Waals surface area contributed by atoms with Crippen LogP contribution in [0.5, 0.6) is 0 Å². The van der Waals surface area contributed by atoms with Crippen LogP contribution in [0.2, 0.25) is 5.02 Å². The molecule has 0 bridgehead atoms. The van der Waals surface area contributed by atoms with E-state index < -0.39 is 26.3 Å². The first-order valence-corrected chi connectivity index (χ1v) is 6.46. The average molecular weight is 266 g/mol. The number of hydrogen-bond donors (Lipinski definition) is 1. The molecule has 88 valence electrons. The maximum Gasteiger partial charge on any atom is 0.179 e. The van der Waals surface area contributed by atoms with E-state index in [1.165, 1.54) is 0 Å². The molecular formula is C9H9ClFNO3S. The summed E-state index contributed by atoms with van der Waals surface area (Å²) in [5.41, 5.74) is 5.05. The van der Waals surface area contributed by atoms with Crippen LogP contribution in [-0.2, 0) is 9.84 Å². The molecule has 0 aliphatic heterocycles. The highest BCUT2D eigenvalue weighted by Crippen LogP contribution is 2.26. The minimum atomic E-state index is -3.76. The Kier molecular flexibility index (Phi) is 3.67. The number of sulfone groups is 1. The van der Waals surface area contributed by atoms with Crippen molar-refractivity contribution < 1.29 is 17.6 Å². The van der Waals surface area contributed by atoms with Crippen molar-refractivity contribution in [2.24, 2.45) is 5.73 Å². The zero-order valence-corrected chi connectivity index (χ0v) is 9.90. The van der Waals surface area contributed by atoms with E-state index in [0.29, 0.717) is 0 Å². The summed E-state index contributed by atoms with van der Waals surface area (Å²) in [5, 5.41) is -0.320. The summed E-state index contributed by atoms with van der Waals surface area (Å²) in [5.74, 6) is -1.56. The average Bonchev–Trinajstić information content (AvgIpc) is 2.13. The number of Topliss-reactive ketones (excluding diaryl/α,β-unsaturated/α-hetero) is 1. The molecule has 0 aromatic heterocycles. The van der Waals surface area contributed by atoms with Gasteiger partial charge in [0.2, 0.25) is 0 Å². The molecule has 7 heteroatoms. The molecule has 0 heterocycles. The third kappa shape index (κ3) is 2.58. The van der Waals surface area contributed by atoms with Gasteiger partial charge < -0.3 is 5.73 Å². The fourth-order valence-corrected chi connectivity index (χ4v) is 2.65. The summed E-state index contributed by atoms with van der Waals surface area (Å²) in [6.45, 7) is -0.298. The highest BCUT2D eigenvalue weighted by atomic mass is 35.5. The van der Waals surface area contributed by atoms with E-state index in [-0.39, 0.29) is 17.1 Å². The normalized spacial score (nSPS) is 11.5. The van der Waals surface area contributed by atoms with Gasteiger partial charge in [0.25, 0.3) is 0 Å². The number of benzene rings is 1. The van der Waals surface area contributed by atoms with E-state index in [4.69, 9.17) is 17.3 Å². The van der Waals surface area contributed by atoms with Gasteiger partial charge >= 0.3 is 0 Å². The Morgan fingerprint density at radius 1 is 1.50 bits per heavy atom. The molecule has 0 spiro atoms. The molecule has 0 saturated carbocycles. The predicted octanol–water partition coefficient (Wildman–Crippen LogP) is 1.02. The van der Waals surface area contributed by atoms with Crippen molar-refractivity contribution in [1.82, 2.24) is 0 Å². The molecular weight excluding hydrogens is 257 g/mol. The number of halogens is 2. The Bertz CT molecular complexity index is 519. The molecule has 0 aliphatic rings. The minimum Gasteiger partial charge on any atom is -0.324 e. The summed E-state index contributed by atoms with van der Waals surface area (Å²) in [6.07, 6.45) is 0.835. The highest BCUT2D eigenvalue weighted by Gasteiger charge is 2.20. The Labute approximate surface area is 97.1 Å². The van der Waals surface area contributed by atoms with Crippen LogP contribution < -0.4 is 5.73 Å². The zero-order valence-electron chi connectivity index (χ0n) is 8.33. The molecule has 0 aliphatic carbocycles. The van der Waals surface area contributed by atoms with Gasteiger partial charge in [-0.05, 0) is 12.1 Å². The van der Waals surface area contributed by atoms with Crippen molar-refractivity contribution in [1.29, 1.82) is 0 Å². The Morgan fingerprint density at radius 3 is 2.44 bits per heavy atom. The van der Waals surface area contributed by atoms with E-state index in [2.05, 4.69) is 0 Å². The second-order valence-electron chi connectivity index (χ2n) is 3.17. The van der Waals surface area contributed by atoms with Crippen LogP contribution >= 0.6 is 11.6 Å². The summed E-state index contributed by atoms with van der Waals surface area (Å²) in [4.78, 5) is 10.6. The van der Waals surface area contributed by atoms with Gasteiger partial charge in [-0.3, -0.25) is 4.79 Å². The monoisotopic (exact) mass is 265 g/mol. The molecule has 16 heavy (non-hydrogen) atoms. The van der Waals surface area contributed by atoms with E-state index in [1.807, 2.05) is 0 Å². The summed E-state index contributed by atoms with van der Waals surface area (Å²) >= 11 is 5.61. The molecule has 1 rings (SSSR count). The molecule has 1 aromatic carbocycles. The standard InChI is InChI=1S/C9H9ClFNO3S/c1-16(14,15)9-6(10)2-5(3-7(9)11)8(13)4-12/h2-3H,4,12H2,1H3. The Balaban J connectivity index is 3.46. The SMILES string of the molecule is CS(=O)(=O)c1c(F)cc(C(=O)CN)cc1Cl. The Hall–Kier alpha value is -0.980. The van der Waals surface area contributed by atoms with Gasteiger partial charge in [0.15, 0.2) is 15.6 Å². The Morgan fingerprint density at radius 2 is 2.06 bits per heavy atom. The first-order valence-electron chi connectivity index (χ1n) is 4.19. The molecule has 0 atom stereocenters. The molecule has 0 fully saturated rings. The van der Waals surface area contributed by atoms with Crippen molar-refractivity contribution in [3.8, 4) is 0 Å². The molecule has 2 N–H and O–H groups in total. The van der Waals surface area contributed by atoms with Gasteiger partial charge in [-0.1, -0.05) is 11.6 Å². The van der Waals surface area contributed by atoms with Crippen LogP contribution in [0.4, 0.5) is 4.39 Å². The van der Waals surface area contributed by atoms with Gasteiger partial charge in [-0.25, -0.2) is 12.8 Å². The zero-order chi connectivity index (χ0) is 12.5. The van der Waals surface area contributed by atoms with Crippen molar-refractivity contribution >= 4 is 27.2 Å². The molecule has 0 radical (unpaired) electrons. The minimum absolute atomic E-state index is 0.0441.